The van der Waals surface area contributed by atoms with Gasteiger partial charge in [-0.05, 0) is 0 Å². The van der Waals surface area contributed by atoms with Crippen LogP contribution in [0.5, 0.6) is 0 Å². The number of aliphatic imine (C=N–C) groups is 1. The second-order valence-corrected chi connectivity index (χ2v) is 1.99. The van der Waals surface area contributed by atoms with Crippen LogP contribution in [0.3, 0.4) is 0 Å². The minimum Gasteiger partial charge on any atom is -0.296 e. The first-order chi connectivity index (χ1) is 6.38. The molecule has 1 heterocycles. The second kappa shape index (κ2) is 7.16. The summed E-state index contributed by atoms with van der Waals surface area (Å²) in [6, 6.07) is 0. The van der Waals surface area contributed by atoms with Gasteiger partial charge in [0.25, 0.3) is 0 Å². The normalized spacial score (nSPS) is 9.15. The molecular formula is C10H15N3. The Morgan fingerprint density at radius 1 is 1.23 bits per heavy atom. The quantitative estimate of drug-likeness (QED) is 0.649. The maximum atomic E-state index is 3.87. The summed E-state index contributed by atoms with van der Waals surface area (Å²) >= 11 is 0. The van der Waals surface area contributed by atoms with Gasteiger partial charge < -0.3 is 0 Å². The first kappa shape index (κ1) is 11.5. The monoisotopic (exact) mass is 177 g/mol. The van der Waals surface area contributed by atoms with E-state index >= 15 is 0 Å². The Morgan fingerprint density at radius 2 is 1.77 bits per heavy atom. The van der Waals surface area contributed by atoms with E-state index in [4.69, 9.17) is 0 Å². The average molecular weight is 177 g/mol. The first-order valence-corrected chi connectivity index (χ1v) is 4.23. The van der Waals surface area contributed by atoms with Crippen molar-refractivity contribution in [3.05, 3.63) is 30.1 Å². The molecule has 0 aliphatic rings. The largest absolute Gasteiger partial charge is 0.296 e. The van der Waals surface area contributed by atoms with Crippen LogP contribution in [0.1, 0.15) is 25.0 Å². The molecule has 0 saturated heterocycles. The molecule has 0 spiro atoms. The zero-order valence-corrected chi connectivity index (χ0v) is 8.36. The standard InChI is InChI=1S/C8H9N3.C2H6/c1-3-7-5-10-11-6-8(7)4-9-2;1-2/h3-6H,1H2,2H3;1-2H3. The van der Waals surface area contributed by atoms with Crippen molar-refractivity contribution in [1.82, 2.24) is 10.2 Å². The fourth-order valence-corrected chi connectivity index (χ4v) is 0.758. The van der Waals surface area contributed by atoms with Crippen molar-refractivity contribution >= 4 is 12.3 Å². The van der Waals surface area contributed by atoms with Gasteiger partial charge in [-0.25, -0.2) is 0 Å². The lowest BCUT2D eigenvalue weighted by molar-refractivity contribution is 1.02. The van der Waals surface area contributed by atoms with Crippen LogP contribution in [0.4, 0.5) is 0 Å². The molecule has 1 aromatic heterocycles. The third kappa shape index (κ3) is 3.60. The number of hydrogen-bond donors (Lipinski definition) is 0. The van der Waals surface area contributed by atoms with Crippen LogP contribution >= 0.6 is 0 Å². The third-order valence-electron chi connectivity index (χ3n) is 1.28. The zero-order valence-electron chi connectivity index (χ0n) is 8.36. The van der Waals surface area contributed by atoms with Gasteiger partial charge in [-0.1, -0.05) is 26.5 Å². The molecule has 0 atom stereocenters. The molecule has 0 fully saturated rings. The van der Waals surface area contributed by atoms with Crippen LogP contribution in [0.25, 0.3) is 6.08 Å². The van der Waals surface area contributed by atoms with Gasteiger partial charge in [0, 0.05) is 24.4 Å². The van der Waals surface area contributed by atoms with Crippen molar-refractivity contribution in [2.75, 3.05) is 7.05 Å². The van der Waals surface area contributed by atoms with E-state index in [0.29, 0.717) is 0 Å². The lowest BCUT2D eigenvalue weighted by Crippen LogP contribution is -1.90. The molecule has 0 aliphatic carbocycles. The summed E-state index contributed by atoms with van der Waals surface area (Å²) in [7, 11) is 1.72. The third-order valence-corrected chi connectivity index (χ3v) is 1.28. The summed E-state index contributed by atoms with van der Waals surface area (Å²) in [6.45, 7) is 7.64. The van der Waals surface area contributed by atoms with E-state index in [1.807, 2.05) is 13.8 Å². The van der Waals surface area contributed by atoms with Gasteiger partial charge in [-0.3, -0.25) is 4.99 Å². The Kier molecular flexibility index (Phi) is 6.32. The highest BCUT2D eigenvalue weighted by molar-refractivity contribution is 5.84. The van der Waals surface area contributed by atoms with E-state index < -0.39 is 0 Å². The smallest absolute Gasteiger partial charge is 0.0589 e. The summed E-state index contributed by atoms with van der Waals surface area (Å²) in [6.07, 6.45) is 6.77. The molecular weight excluding hydrogens is 162 g/mol. The van der Waals surface area contributed by atoms with Crippen LogP contribution in [-0.2, 0) is 0 Å². The second-order valence-electron chi connectivity index (χ2n) is 1.99. The zero-order chi connectivity index (χ0) is 10.1. The van der Waals surface area contributed by atoms with E-state index in [-0.39, 0.29) is 0 Å². The summed E-state index contributed by atoms with van der Waals surface area (Å²) in [5, 5.41) is 7.44. The van der Waals surface area contributed by atoms with E-state index in [1.54, 1.807) is 31.7 Å². The molecule has 0 amide bonds. The molecule has 3 nitrogen and oxygen atoms in total. The van der Waals surface area contributed by atoms with Crippen LogP contribution in [0.15, 0.2) is 24.0 Å². The van der Waals surface area contributed by atoms with Crippen LogP contribution in [-0.4, -0.2) is 23.5 Å². The van der Waals surface area contributed by atoms with Crippen molar-refractivity contribution < 1.29 is 0 Å². The van der Waals surface area contributed by atoms with Gasteiger partial charge in [0.2, 0.25) is 0 Å². The van der Waals surface area contributed by atoms with E-state index in [1.165, 1.54) is 0 Å². The van der Waals surface area contributed by atoms with Crippen LogP contribution in [0.2, 0.25) is 0 Å². The molecule has 13 heavy (non-hydrogen) atoms. The minimum atomic E-state index is 0.942. The summed E-state index contributed by atoms with van der Waals surface area (Å²) in [5.74, 6) is 0. The maximum Gasteiger partial charge on any atom is 0.0589 e. The van der Waals surface area contributed by atoms with Crippen molar-refractivity contribution in [1.29, 1.82) is 0 Å². The van der Waals surface area contributed by atoms with Crippen LogP contribution in [0, 0.1) is 0 Å². The molecule has 0 saturated carbocycles. The SMILES string of the molecule is C=Cc1cnncc1C=NC.CC. The first-order valence-electron chi connectivity index (χ1n) is 4.23. The molecule has 1 aromatic rings. The van der Waals surface area contributed by atoms with E-state index in [9.17, 15) is 0 Å². The van der Waals surface area contributed by atoms with Crippen molar-refractivity contribution in [3.8, 4) is 0 Å². The Morgan fingerprint density at radius 3 is 2.23 bits per heavy atom. The Labute approximate surface area is 79.2 Å². The fraction of sp³-hybridized carbons (Fsp3) is 0.300. The highest BCUT2D eigenvalue weighted by Gasteiger charge is 1.93. The molecule has 0 aromatic carbocycles. The highest BCUT2D eigenvalue weighted by Crippen LogP contribution is 2.02. The average Bonchev–Trinajstić information content (AvgIpc) is 2.22. The lowest BCUT2D eigenvalue weighted by atomic mass is 10.2. The van der Waals surface area contributed by atoms with E-state index in [2.05, 4.69) is 21.8 Å². The van der Waals surface area contributed by atoms with Crippen molar-refractivity contribution in [3.63, 3.8) is 0 Å². The number of hydrogen-bond acceptors (Lipinski definition) is 3. The van der Waals surface area contributed by atoms with Gasteiger partial charge in [-0.15, -0.1) is 0 Å². The van der Waals surface area contributed by atoms with Crippen molar-refractivity contribution in [2.45, 2.75) is 13.8 Å². The Bertz CT molecular complexity index is 279. The number of aromatic nitrogens is 2. The van der Waals surface area contributed by atoms with Gasteiger partial charge in [0.1, 0.15) is 0 Å². The molecule has 0 bridgehead atoms. The van der Waals surface area contributed by atoms with Crippen molar-refractivity contribution in [2.24, 2.45) is 4.99 Å². The molecule has 0 unspecified atom stereocenters. The summed E-state index contributed by atoms with van der Waals surface area (Å²) < 4.78 is 0. The summed E-state index contributed by atoms with van der Waals surface area (Å²) in [5.41, 5.74) is 1.89. The Balaban J connectivity index is 0.000000671. The molecule has 0 radical (unpaired) electrons. The predicted molar refractivity (Wildman–Crippen MR) is 57.0 cm³/mol. The van der Waals surface area contributed by atoms with Crippen LogP contribution < -0.4 is 0 Å². The molecule has 0 aliphatic heterocycles. The number of nitrogens with zero attached hydrogens (tertiary/aromatic N) is 3. The highest BCUT2D eigenvalue weighted by atomic mass is 15.1. The minimum absolute atomic E-state index is 0.942. The lowest BCUT2D eigenvalue weighted by Gasteiger charge is -1.94. The number of rotatable bonds is 2. The summed E-state index contributed by atoms with van der Waals surface area (Å²) in [4.78, 5) is 3.87. The predicted octanol–water partition coefficient (Wildman–Crippen LogP) is 2.19. The molecule has 0 N–H and O–H groups in total. The molecule has 70 valence electrons. The molecule has 3 heteroatoms. The topological polar surface area (TPSA) is 38.1 Å². The fourth-order valence-electron chi connectivity index (χ4n) is 0.758. The Hall–Kier alpha value is -1.51. The maximum absolute atomic E-state index is 3.87. The van der Waals surface area contributed by atoms with Gasteiger partial charge in [0.15, 0.2) is 0 Å². The van der Waals surface area contributed by atoms with E-state index in [0.717, 1.165) is 11.1 Å². The molecule has 1 rings (SSSR count). The van der Waals surface area contributed by atoms with Gasteiger partial charge in [-0.2, -0.15) is 10.2 Å². The van der Waals surface area contributed by atoms with Gasteiger partial charge in [0.05, 0.1) is 12.4 Å². The van der Waals surface area contributed by atoms with Gasteiger partial charge >= 0.3 is 0 Å².